The number of nitrogens with zero attached hydrogens (tertiary/aromatic N) is 1. The number of amides is 1. The number of carbonyl (C=O) groups excluding carboxylic acids is 1. The van der Waals surface area contributed by atoms with E-state index in [0.717, 1.165) is 5.56 Å². The third-order valence-electron chi connectivity index (χ3n) is 3.47. The zero-order valence-corrected chi connectivity index (χ0v) is 13.0. The first kappa shape index (κ1) is 15.5. The van der Waals surface area contributed by atoms with E-state index in [4.69, 9.17) is 8.92 Å². The Balaban J connectivity index is 1.78. The third kappa shape index (κ3) is 3.35. The molecule has 1 fully saturated rings. The van der Waals surface area contributed by atoms with E-state index in [2.05, 4.69) is 0 Å². The van der Waals surface area contributed by atoms with Gasteiger partial charge in [-0.2, -0.15) is 12.7 Å². The minimum Gasteiger partial charge on any atom is -0.444 e. The van der Waals surface area contributed by atoms with E-state index in [9.17, 15) is 13.2 Å². The van der Waals surface area contributed by atoms with Gasteiger partial charge in [0, 0.05) is 0 Å². The number of benzene rings is 2. The molecule has 0 saturated carbocycles. The molecule has 1 aliphatic heterocycles. The molecule has 0 aromatic heterocycles. The van der Waals surface area contributed by atoms with Crippen molar-refractivity contribution in [3.63, 3.8) is 0 Å². The van der Waals surface area contributed by atoms with Crippen molar-refractivity contribution < 1.29 is 22.1 Å². The minimum atomic E-state index is -4.13. The van der Waals surface area contributed by atoms with Crippen LogP contribution in [-0.4, -0.2) is 25.4 Å². The Morgan fingerprint density at radius 1 is 1.09 bits per heavy atom. The molecule has 1 saturated heterocycles. The topological polar surface area (TPSA) is 72.9 Å². The van der Waals surface area contributed by atoms with Crippen LogP contribution in [0.4, 0.5) is 4.79 Å². The molecule has 0 bridgehead atoms. The summed E-state index contributed by atoms with van der Waals surface area (Å²) in [6.45, 7) is -0.125. The molecule has 1 aliphatic rings. The quantitative estimate of drug-likeness (QED) is 0.863. The number of carbonyl (C=O) groups is 1. The molecule has 2 aromatic rings. The van der Waals surface area contributed by atoms with Gasteiger partial charge in [-0.1, -0.05) is 60.7 Å². The van der Waals surface area contributed by atoms with Gasteiger partial charge in [0.2, 0.25) is 0 Å². The molecule has 1 heterocycles. The molecule has 0 aliphatic carbocycles. The highest BCUT2D eigenvalue weighted by Crippen LogP contribution is 2.32. The normalized spacial score (nSPS) is 19.5. The molecule has 7 heteroatoms. The van der Waals surface area contributed by atoms with E-state index in [1.807, 2.05) is 24.3 Å². The van der Waals surface area contributed by atoms with Crippen LogP contribution in [0.5, 0.6) is 0 Å². The van der Waals surface area contributed by atoms with Crippen molar-refractivity contribution in [3.05, 3.63) is 71.8 Å². The van der Waals surface area contributed by atoms with Crippen molar-refractivity contribution in [2.75, 3.05) is 6.61 Å². The first-order chi connectivity index (χ1) is 11.1. The van der Waals surface area contributed by atoms with Crippen molar-refractivity contribution in [3.8, 4) is 0 Å². The lowest BCUT2D eigenvalue weighted by molar-refractivity contribution is 0.113. The standard InChI is InChI=1S/C16H15NO5S/c18-16(21-11-13-7-3-1-4-8-13)17-15(12-22-23(17,19)20)14-9-5-2-6-10-14/h1-10,15H,11-12H2/t15-/m1/s1. The fourth-order valence-corrected chi connectivity index (χ4v) is 3.48. The first-order valence-electron chi connectivity index (χ1n) is 7.02. The monoisotopic (exact) mass is 333 g/mol. The van der Waals surface area contributed by atoms with Gasteiger partial charge in [0.15, 0.2) is 0 Å². The first-order valence-corrected chi connectivity index (χ1v) is 8.39. The molecule has 0 N–H and O–H groups in total. The lowest BCUT2D eigenvalue weighted by atomic mass is 10.1. The average Bonchev–Trinajstić information content (AvgIpc) is 2.90. The maximum atomic E-state index is 12.3. The predicted octanol–water partition coefficient (Wildman–Crippen LogP) is 2.64. The van der Waals surface area contributed by atoms with Crippen molar-refractivity contribution in [2.45, 2.75) is 12.6 Å². The third-order valence-corrected chi connectivity index (χ3v) is 4.79. The summed E-state index contributed by atoms with van der Waals surface area (Å²) in [5.74, 6) is 0. The fourth-order valence-electron chi connectivity index (χ4n) is 2.34. The number of hydrogen-bond acceptors (Lipinski definition) is 5. The summed E-state index contributed by atoms with van der Waals surface area (Å²) in [6, 6.07) is 17.2. The zero-order chi connectivity index (χ0) is 16.3. The maximum Gasteiger partial charge on any atom is 0.426 e. The summed E-state index contributed by atoms with van der Waals surface area (Å²) in [5.41, 5.74) is 1.44. The summed E-state index contributed by atoms with van der Waals surface area (Å²) in [6.07, 6.45) is -0.944. The second kappa shape index (κ2) is 6.39. The van der Waals surface area contributed by atoms with Gasteiger partial charge in [-0.15, -0.1) is 0 Å². The van der Waals surface area contributed by atoms with E-state index in [0.29, 0.717) is 9.87 Å². The van der Waals surface area contributed by atoms with E-state index in [-0.39, 0.29) is 13.2 Å². The van der Waals surface area contributed by atoms with Crippen LogP contribution < -0.4 is 0 Å². The molecule has 0 spiro atoms. The molecule has 0 unspecified atom stereocenters. The fraction of sp³-hybridized carbons (Fsp3) is 0.188. The van der Waals surface area contributed by atoms with E-state index in [1.165, 1.54) is 0 Å². The van der Waals surface area contributed by atoms with Crippen molar-refractivity contribution in [2.24, 2.45) is 0 Å². The van der Waals surface area contributed by atoms with Crippen molar-refractivity contribution in [1.29, 1.82) is 0 Å². The summed E-state index contributed by atoms with van der Waals surface area (Å²) in [5, 5.41) is 0. The Labute approximate surface area is 134 Å². The Morgan fingerprint density at radius 3 is 2.35 bits per heavy atom. The Morgan fingerprint density at radius 2 is 1.70 bits per heavy atom. The van der Waals surface area contributed by atoms with Gasteiger partial charge in [0.25, 0.3) is 0 Å². The van der Waals surface area contributed by atoms with Gasteiger partial charge in [-0.3, -0.25) is 4.18 Å². The highest BCUT2D eigenvalue weighted by molar-refractivity contribution is 7.85. The molecule has 120 valence electrons. The van der Waals surface area contributed by atoms with Gasteiger partial charge >= 0.3 is 16.4 Å². The van der Waals surface area contributed by atoms with Gasteiger partial charge in [0.05, 0.1) is 6.61 Å². The van der Waals surface area contributed by atoms with Crippen LogP contribution >= 0.6 is 0 Å². The van der Waals surface area contributed by atoms with Crippen LogP contribution in [0.15, 0.2) is 60.7 Å². The van der Waals surface area contributed by atoms with Crippen molar-refractivity contribution in [1.82, 2.24) is 4.31 Å². The summed E-state index contributed by atoms with van der Waals surface area (Å²) in [4.78, 5) is 12.3. The summed E-state index contributed by atoms with van der Waals surface area (Å²) >= 11 is 0. The highest BCUT2D eigenvalue weighted by atomic mass is 32.2. The van der Waals surface area contributed by atoms with Crippen LogP contribution in [-0.2, 0) is 25.8 Å². The zero-order valence-electron chi connectivity index (χ0n) is 12.2. The number of hydrogen-bond donors (Lipinski definition) is 0. The summed E-state index contributed by atoms with van der Waals surface area (Å²) < 4.78 is 34.6. The lowest BCUT2D eigenvalue weighted by Crippen LogP contribution is -2.35. The van der Waals surface area contributed by atoms with Gasteiger partial charge in [-0.25, -0.2) is 4.79 Å². The Bertz CT molecular complexity index is 777. The molecule has 0 radical (unpaired) electrons. The van der Waals surface area contributed by atoms with Crippen LogP contribution in [0.1, 0.15) is 17.2 Å². The molecule has 3 rings (SSSR count). The van der Waals surface area contributed by atoms with Crippen LogP contribution in [0.2, 0.25) is 0 Å². The largest absolute Gasteiger partial charge is 0.444 e. The Hall–Kier alpha value is -2.38. The smallest absolute Gasteiger partial charge is 0.426 e. The predicted molar refractivity (Wildman–Crippen MR) is 82.5 cm³/mol. The number of rotatable bonds is 3. The molecule has 1 atom stereocenters. The van der Waals surface area contributed by atoms with Crippen molar-refractivity contribution >= 4 is 16.4 Å². The maximum absolute atomic E-state index is 12.3. The van der Waals surface area contributed by atoms with Crippen LogP contribution in [0.25, 0.3) is 0 Å². The van der Waals surface area contributed by atoms with Gasteiger partial charge < -0.3 is 4.74 Å². The molecular weight excluding hydrogens is 318 g/mol. The summed E-state index contributed by atoms with van der Waals surface area (Å²) in [7, 11) is -4.13. The molecule has 23 heavy (non-hydrogen) atoms. The molecule has 2 aromatic carbocycles. The van der Waals surface area contributed by atoms with E-state index < -0.39 is 22.4 Å². The average molecular weight is 333 g/mol. The number of ether oxygens (including phenoxy) is 1. The second-order valence-electron chi connectivity index (χ2n) is 5.00. The van der Waals surface area contributed by atoms with Crippen LogP contribution in [0, 0.1) is 0 Å². The van der Waals surface area contributed by atoms with Crippen LogP contribution in [0.3, 0.4) is 0 Å². The van der Waals surface area contributed by atoms with E-state index in [1.54, 1.807) is 36.4 Å². The van der Waals surface area contributed by atoms with Gasteiger partial charge in [-0.05, 0) is 11.1 Å². The van der Waals surface area contributed by atoms with E-state index >= 15 is 0 Å². The second-order valence-corrected chi connectivity index (χ2v) is 6.49. The SMILES string of the molecule is O=C(OCc1ccccc1)N1[C@@H](c2ccccc2)COS1(=O)=O. The Kier molecular flexibility index (Phi) is 4.31. The highest BCUT2D eigenvalue weighted by Gasteiger charge is 2.44. The minimum absolute atomic E-state index is 0.00674. The lowest BCUT2D eigenvalue weighted by Gasteiger charge is -2.20. The van der Waals surface area contributed by atoms with Gasteiger partial charge in [0.1, 0.15) is 12.6 Å². The molecule has 6 nitrogen and oxygen atoms in total. The molecular formula is C16H15NO5S. The molecule has 1 amide bonds.